The summed E-state index contributed by atoms with van der Waals surface area (Å²) in [4.78, 5) is 9.06. The summed E-state index contributed by atoms with van der Waals surface area (Å²) in [6, 6.07) is 17.8. The van der Waals surface area contributed by atoms with Gasteiger partial charge < -0.3 is 14.8 Å². The number of para-hydroxylation sites is 1. The molecule has 12 heteroatoms. The Balaban J connectivity index is 1.63. The lowest BCUT2D eigenvalue weighted by Crippen LogP contribution is -2.23. The van der Waals surface area contributed by atoms with Gasteiger partial charge in [-0.3, -0.25) is 10.1 Å². The molecule has 0 spiro atoms. The van der Waals surface area contributed by atoms with Crippen LogP contribution in [0.25, 0.3) is 0 Å². The largest absolute Gasteiger partial charge is 0.501 e. The number of benzene rings is 3. The Kier molecular flexibility index (Phi) is 7.07. The number of anilines is 1. The molecule has 0 saturated heterocycles. The molecule has 0 fully saturated rings. The van der Waals surface area contributed by atoms with Gasteiger partial charge in [-0.05, 0) is 36.4 Å². The molecule has 0 bridgehead atoms. The zero-order valence-corrected chi connectivity index (χ0v) is 17.6. The first-order chi connectivity index (χ1) is 15.6. The van der Waals surface area contributed by atoms with Crippen molar-refractivity contribution in [1.29, 1.82) is 0 Å². The molecule has 0 amide bonds. The fraction of sp³-hybridized carbons (Fsp3) is 0.143. The van der Waals surface area contributed by atoms with Gasteiger partial charge in [0.15, 0.2) is 0 Å². The molecule has 0 saturated carbocycles. The predicted octanol–water partition coefficient (Wildman–Crippen LogP) is 5.17. The lowest BCUT2D eigenvalue weighted by atomic mass is 10.2. The molecule has 0 atom stereocenters. The van der Waals surface area contributed by atoms with Gasteiger partial charge >= 0.3 is 5.51 Å². The van der Waals surface area contributed by atoms with Crippen LogP contribution in [0, 0.1) is 10.1 Å². The summed E-state index contributed by atoms with van der Waals surface area (Å²) in [6.45, 7) is 0.102. The average Bonchev–Trinajstić information content (AvgIpc) is 2.77. The third kappa shape index (κ3) is 5.92. The molecule has 3 aromatic carbocycles. The standard InChI is InChI=1S/C21H17F3N2O6S/c22-21(23,24)33(29,30)18-9-10-19(20(14-18)26(27)28)25-11-12-31-16-7-4-8-17(13-16)32-15-5-2-1-3-6-15/h1-10,13-14,25H,11-12H2. The second-order valence-electron chi connectivity index (χ2n) is 6.55. The second-order valence-corrected chi connectivity index (χ2v) is 8.49. The van der Waals surface area contributed by atoms with E-state index in [1.54, 1.807) is 36.4 Å². The maximum Gasteiger partial charge on any atom is 0.501 e. The first-order valence-electron chi connectivity index (χ1n) is 9.37. The number of nitro benzene ring substituents is 1. The van der Waals surface area contributed by atoms with E-state index < -0.39 is 30.9 Å². The number of sulfone groups is 1. The summed E-state index contributed by atoms with van der Waals surface area (Å²) in [5, 5.41) is 13.9. The van der Waals surface area contributed by atoms with Crippen LogP contribution in [-0.2, 0) is 9.84 Å². The van der Waals surface area contributed by atoms with E-state index in [4.69, 9.17) is 9.47 Å². The summed E-state index contributed by atoms with van der Waals surface area (Å²) in [7, 11) is -5.71. The third-order valence-electron chi connectivity index (χ3n) is 4.25. The van der Waals surface area contributed by atoms with Crippen LogP contribution in [0.4, 0.5) is 24.5 Å². The summed E-state index contributed by atoms with van der Waals surface area (Å²) in [5.41, 5.74) is -6.52. The molecule has 1 N–H and O–H groups in total. The van der Waals surface area contributed by atoms with Gasteiger partial charge in [0.1, 0.15) is 29.5 Å². The minimum absolute atomic E-state index is 0.0501. The lowest BCUT2D eigenvalue weighted by Gasteiger charge is -2.12. The van der Waals surface area contributed by atoms with Crippen LogP contribution < -0.4 is 14.8 Å². The maximum absolute atomic E-state index is 12.7. The molecule has 3 aromatic rings. The molecule has 8 nitrogen and oxygen atoms in total. The Morgan fingerprint density at radius 3 is 2.24 bits per heavy atom. The number of alkyl halides is 3. The molecule has 0 aromatic heterocycles. The predicted molar refractivity (Wildman–Crippen MR) is 113 cm³/mol. The number of hydrogen-bond donors (Lipinski definition) is 1. The molecule has 0 radical (unpaired) electrons. The number of rotatable bonds is 9. The van der Waals surface area contributed by atoms with Crippen molar-refractivity contribution < 1.29 is 36.0 Å². The average molecular weight is 482 g/mol. The summed E-state index contributed by atoms with van der Waals surface area (Å²) in [5.74, 6) is 1.63. The Morgan fingerprint density at radius 2 is 1.58 bits per heavy atom. The van der Waals surface area contributed by atoms with E-state index in [0.29, 0.717) is 29.4 Å². The first-order valence-corrected chi connectivity index (χ1v) is 10.9. The number of nitrogens with one attached hydrogen (secondary N) is 1. The zero-order chi connectivity index (χ0) is 24.1. The Bertz CT molecular complexity index is 1230. The fourth-order valence-corrected chi connectivity index (χ4v) is 3.50. The minimum atomic E-state index is -5.71. The smallest absolute Gasteiger partial charge is 0.492 e. The number of nitro groups is 1. The maximum atomic E-state index is 12.7. The number of hydrogen-bond acceptors (Lipinski definition) is 7. The molecule has 0 aliphatic heterocycles. The van der Waals surface area contributed by atoms with Crippen molar-refractivity contribution >= 4 is 21.2 Å². The number of nitrogens with zero attached hydrogens (tertiary/aromatic N) is 1. The van der Waals surface area contributed by atoms with Gasteiger partial charge in [-0.2, -0.15) is 13.2 Å². The normalized spacial score (nSPS) is 11.6. The molecule has 3 rings (SSSR count). The summed E-state index contributed by atoms with van der Waals surface area (Å²) >= 11 is 0. The molecule has 0 aliphatic rings. The molecular weight excluding hydrogens is 465 g/mol. The highest BCUT2D eigenvalue weighted by Gasteiger charge is 2.47. The van der Waals surface area contributed by atoms with Gasteiger partial charge in [0.25, 0.3) is 15.5 Å². The van der Waals surface area contributed by atoms with Crippen LogP contribution in [-0.4, -0.2) is 32.0 Å². The van der Waals surface area contributed by atoms with Crippen molar-refractivity contribution in [1.82, 2.24) is 0 Å². The van der Waals surface area contributed by atoms with E-state index in [0.717, 1.165) is 6.07 Å². The van der Waals surface area contributed by atoms with Gasteiger partial charge in [0, 0.05) is 18.7 Å². The van der Waals surface area contributed by atoms with E-state index in [1.165, 1.54) is 0 Å². The number of ether oxygens (including phenoxy) is 2. The first kappa shape index (κ1) is 23.9. The third-order valence-corrected chi connectivity index (χ3v) is 5.74. The Labute approximate surface area is 186 Å². The van der Waals surface area contributed by atoms with E-state index >= 15 is 0 Å². The van der Waals surface area contributed by atoms with E-state index in [1.807, 2.05) is 18.2 Å². The van der Waals surface area contributed by atoms with Crippen LogP contribution in [0.15, 0.2) is 77.7 Å². The van der Waals surface area contributed by atoms with Crippen molar-refractivity contribution in [2.45, 2.75) is 10.4 Å². The molecular formula is C21H17F3N2O6S. The summed E-state index contributed by atoms with van der Waals surface area (Å²) < 4.78 is 72.4. The van der Waals surface area contributed by atoms with Crippen LogP contribution in [0.1, 0.15) is 0 Å². The van der Waals surface area contributed by atoms with Crippen LogP contribution in [0.2, 0.25) is 0 Å². The highest BCUT2D eigenvalue weighted by molar-refractivity contribution is 7.92. The topological polar surface area (TPSA) is 108 Å². The summed E-state index contributed by atoms with van der Waals surface area (Å²) in [6.07, 6.45) is 0. The lowest BCUT2D eigenvalue weighted by molar-refractivity contribution is -0.384. The van der Waals surface area contributed by atoms with Crippen LogP contribution in [0.5, 0.6) is 17.2 Å². The molecule has 0 unspecified atom stereocenters. The molecule has 0 heterocycles. The van der Waals surface area contributed by atoms with Crippen molar-refractivity contribution in [3.63, 3.8) is 0 Å². The molecule has 0 aliphatic carbocycles. The molecule has 174 valence electrons. The monoisotopic (exact) mass is 482 g/mol. The highest BCUT2D eigenvalue weighted by Crippen LogP contribution is 2.34. The van der Waals surface area contributed by atoms with E-state index in [2.05, 4.69) is 5.32 Å². The number of halogens is 3. The second kappa shape index (κ2) is 9.77. The van der Waals surface area contributed by atoms with Crippen LogP contribution >= 0.6 is 0 Å². The quantitative estimate of drug-likeness (QED) is 0.255. The van der Waals surface area contributed by atoms with E-state index in [9.17, 15) is 31.7 Å². The molecule has 33 heavy (non-hydrogen) atoms. The highest BCUT2D eigenvalue weighted by atomic mass is 32.2. The van der Waals surface area contributed by atoms with Crippen LogP contribution in [0.3, 0.4) is 0 Å². The zero-order valence-electron chi connectivity index (χ0n) is 16.8. The van der Waals surface area contributed by atoms with Gasteiger partial charge in [-0.1, -0.05) is 24.3 Å². The van der Waals surface area contributed by atoms with Gasteiger partial charge in [0.05, 0.1) is 9.82 Å². The van der Waals surface area contributed by atoms with Crippen molar-refractivity contribution in [2.75, 3.05) is 18.5 Å². The van der Waals surface area contributed by atoms with Crippen molar-refractivity contribution in [3.8, 4) is 17.2 Å². The fourth-order valence-electron chi connectivity index (χ4n) is 2.72. The van der Waals surface area contributed by atoms with Gasteiger partial charge in [0.2, 0.25) is 0 Å². The Hall–Kier alpha value is -3.80. The SMILES string of the molecule is O=[N+]([O-])c1cc(S(=O)(=O)C(F)(F)F)ccc1NCCOc1cccc(Oc2ccccc2)c1. The Morgan fingerprint density at radius 1 is 0.909 bits per heavy atom. The minimum Gasteiger partial charge on any atom is -0.492 e. The van der Waals surface area contributed by atoms with Crippen molar-refractivity contribution in [3.05, 3.63) is 82.9 Å². The van der Waals surface area contributed by atoms with Gasteiger partial charge in [-0.15, -0.1) is 0 Å². The van der Waals surface area contributed by atoms with Gasteiger partial charge in [-0.25, -0.2) is 8.42 Å². The van der Waals surface area contributed by atoms with Crippen molar-refractivity contribution in [2.24, 2.45) is 0 Å². The van der Waals surface area contributed by atoms with E-state index in [-0.39, 0.29) is 18.8 Å².